The van der Waals surface area contributed by atoms with E-state index in [0.717, 1.165) is 5.57 Å². The minimum Gasteiger partial charge on any atom is -0.385 e. The van der Waals surface area contributed by atoms with Gasteiger partial charge in [0.25, 0.3) is 0 Å². The summed E-state index contributed by atoms with van der Waals surface area (Å²) in [6.45, 7) is 5.63. The van der Waals surface area contributed by atoms with Gasteiger partial charge in [-0.15, -0.1) is 0 Å². The van der Waals surface area contributed by atoms with Gasteiger partial charge in [0.1, 0.15) is 5.82 Å². The smallest absolute Gasteiger partial charge is 0.230 e. The lowest BCUT2D eigenvalue weighted by Crippen LogP contribution is -2.24. The number of aromatic nitrogens is 2. The summed E-state index contributed by atoms with van der Waals surface area (Å²) in [5.41, 5.74) is 6.69. The highest BCUT2D eigenvalue weighted by molar-refractivity contribution is 5.38. The number of nitrogens with two attached hydrogens (primary N) is 1. The van der Waals surface area contributed by atoms with Crippen molar-refractivity contribution in [2.45, 2.75) is 6.92 Å². The van der Waals surface area contributed by atoms with Crippen LogP contribution in [0.2, 0.25) is 0 Å². The van der Waals surface area contributed by atoms with Crippen LogP contribution in [0.1, 0.15) is 6.92 Å². The minimum absolute atomic E-state index is 0.572. The molecule has 74 valence electrons. The van der Waals surface area contributed by atoms with Crippen LogP contribution in [0, 0.1) is 0 Å². The molecule has 0 aromatic carbocycles. The van der Waals surface area contributed by atoms with Gasteiger partial charge in [0.15, 0.2) is 0 Å². The molecule has 0 atom stereocenters. The van der Waals surface area contributed by atoms with Gasteiger partial charge in [-0.25, -0.2) is 9.97 Å². The van der Waals surface area contributed by atoms with Crippen molar-refractivity contribution in [3.05, 3.63) is 42.5 Å². The predicted octanol–water partition coefficient (Wildman–Crippen LogP) is 1.29. The third-order valence-corrected chi connectivity index (χ3v) is 1.63. The largest absolute Gasteiger partial charge is 0.385 e. The lowest BCUT2D eigenvalue weighted by molar-refractivity contribution is 0.967. The van der Waals surface area contributed by atoms with Crippen molar-refractivity contribution in [2.24, 2.45) is 5.73 Å². The normalized spacial score (nSPS) is 11.1. The van der Waals surface area contributed by atoms with E-state index in [1.807, 2.05) is 14.0 Å². The van der Waals surface area contributed by atoms with Crippen LogP contribution in [-0.4, -0.2) is 17.0 Å². The van der Waals surface area contributed by atoms with Crippen molar-refractivity contribution in [1.29, 1.82) is 0 Å². The summed E-state index contributed by atoms with van der Waals surface area (Å²) in [6, 6.07) is 1.76. The molecule has 0 radical (unpaired) electrons. The first-order chi connectivity index (χ1) is 6.61. The summed E-state index contributed by atoms with van der Waals surface area (Å²) < 4.78 is 0. The molecule has 0 bridgehead atoms. The van der Waals surface area contributed by atoms with E-state index in [-0.39, 0.29) is 0 Å². The van der Waals surface area contributed by atoms with Gasteiger partial charge in [-0.2, -0.15) is 0 Å². The van der Waals surface area contributed by atoms with E-state index in [2.05, 4.69) is 16.5 Å². The number of anilines is 1. The number of rotatable bonds is 3. The molecule has 4 nitrogen and oxygen atoms in total. The molecule has 0 fully saturated rings. The van der Waals surface area contributed by atoms with Crippen molar-refractivity contribution in [3.63, 3.8) is 0 Å². The Labute approximate surface area is 83.8 Å². The van der Waals surface area contributed by atoms with Gasteiger partial charge in [0.2, 0.25) is 5.95 Å². The lowest BCUT2D eigenvalue weighted by atomic mass is 10.3. The van der Waals surface area contributed by atoms with E-state index < -0.39 is 0 Å². The van der Waals surface area contributed by atoms with E-state index in [1.54, 1.807) is 29.4 Å². The number of nitrogens with zero attached hydrogens (tertiary/aromatic N) is 3. The quantitative estimate of drug-likeness (QED) is 0.730. The second-order valence-electron chi connectivity index (χ2n) is 3.02. The fourth-order valence-corrected chi connectivity index (χ4v) is 0.929. The van der Waals surface area contributed by atoms with Crippen molar-refractivity contribution in [3.8, 4) is 0 Å². The van der Waals surface area contributed by atoms with Crippen LogP contribution in [0.3, 0.4) is 0 Å². The van der Waals surface area contributed by atoms with E-state index in [4.69, 9.17) is 5.73 Å². The molecule has 14 heavy (non-hydrogen) atoms. The Morgan fingerprint density at radius 2 is 2.07 bits per heavy atom. The zero-order valence-corrected chi connectivity index (χ0v) is 8.44. The SMILES string of the molecule is C=C(C)/C=C(/N)N(C)c1ncccn1. The lowest BCUT2D eigenvalue weighted by Gasteiger charge is -2.16. The summed E-state index contributed by atoms with van der Waals surface area (Å²) in [5, 5.41) is 0. The first-order valence-electron chi connectivity index (χ1n) is 4.24. The standard InChI is InChI=1S/C10H14N4/c1-8(2)7-9(11)14(3)10-12-5-4-6-13-10/h4-7H,1,11H2,2-3H3/b9-7-. The van der Waals surface area contributed by atoms with Crippen LogP contribution < -0.4 is 10.6 Å². The zero-order chi connectivity index (χ0) is 10.6. The van der Waals surface area contributed by atoms with E-state index in [0.29, 0.717) is 11.8 Å². The Hall–Kier alpha value is -1.84. The Kier molecular flexibility index (Phi) is 3.23. The predicted molar refractivity (Wildman–Crippen MR) is 57.5 cm³/mol. The molecular formula is C10H14N4. The number of hydrogen-bond acceptors (Lipinski definition) is 4. The van der Waals surface area contributed by atoms with Gasteiger partial charge in [-0.05, 0) is 19.1 Å². The van der Waals surface area contributed by atoms with Crippen molar-refractivity contribution in [1.82, 2.24) is 9.97 Å². The van der Waals surface area contributed by atoms with Crippen LogP contribution in [0.5, 0.6) is 0 Å². The second kappa shape index (κ2) is 4.41. The molecule has 2 N–H and O–H groups in total. The minimum atomic E-state index is 0.572. The molecule has 4 heteroatoms. The molecule has 0 aliphatic rings. The molecule has 0 amide bonds. The topological polar surface area (TPSA) is 55.0 Å². The average Bonchev–Trinajstić information content (AvgIpc) is 2.17. The molecule has 1 heterocycles. The van der Waals surface area contributed by atoms with Crippen molar-refractivity contribution in [2.75, 3.05) is 11.9 Å². The maximum absolute atomic E-state index is 5.80. The summed E-state index contributed by atoms with van der Waals surface area (Å²) in [4.78, 5) is 9.85. The third kappa shape index (κ3) is 2.58. The Bertz CT molecular complexity index is 342. The molecule has 0 saturated heterocycles. The monoisotopic (exact) mass is 190 g/mol. The summed E-state index contributed by atoms with van der Waals surface area (Å²) >= 11 is 0. The molecule has 0 aliphatic heterocycles. The van der Waals surface area contributed by atoms with Gasteiger partial charge in [-0.3, -0.25) is 0 Å². The van der Waals surface area contributed by atoms with Gasteiger partial charge in [0, 0.05) is 19.4 Å². The summed E-state index contributed by atoms with van der Waals surface area (Å²) in [5.74, 6) is 1.14. The molecule has 0 unspecified atom stereocenters. The molecule has 0 aliphatic carbocycles. The van der Waals surface area contributed by atoms with E-state index >= 15 is 0 Å². The first-order valence-corrected chi connectivity index (χ1v) is 4.24. The Morgan fingerprint density at radius 1 is 1.50 bits per heavy atom. The van der Waals surface area contributed by atoms with Crippen LogP contribution in [0.4, 0.5) is 5.95 Å². The van der Waals surface area contributed by atoms with Crippen LogP contribution in [0.25, 0.3) is 0 Å². The van der Waals surface area contributed by atoms with Crippen molar-refractivity contribution >= 4 is 5.95 Å². The van der Waals surface area contributed by atoms with Gasteiger partial charge >= 0.3 is 0 Å². The summed E-state index contributed by atoms with van der Waals surface area (Å²) in [6.07, 6.45) is 5.12. The van der Waals surface area contributed by atoms with Gasteiger partial charge in [-0.1, -0.05) is 12.2 Å². The third-order valence-electron chi connectivity index (χ3n) is 1.63. The second-order valence-corrected chi connectivity index (χ2v) is 3.02. The van der Waals surface area contributed by atoms with E-state index in [9.17, 15) is 0 Å². The van der Waals surface area contributed by atoms with Crippen LogP contribution in [-0.2, 0) is 0 Å². The average molecular weight is 190 g/mol. The maximum Gasteiger partial charge on any atom is 0.230 e. The molecule has 1 aromatic rings. The molecular weight excluding hydrogens is 176 g/mol. The molecule has 0 spiro atoms. The fraction of sp³-hybridized carbons (Fsp3) is 0.200. The highest BCUT2D eigenvalue weighted by Crippen LogP contribution is 2.07. The van der Waals surface area contributed by atoms with Crippen LogP contribution >= 0.6 is 0 Å². The van der Waals surface area contributed by atoms with Crippen LogP contribution in [0.15, 0.2) is 42.5 Å². The number of allylic oxidation sites excluding steroid dienone is 2. The Balaban J connectivity index is 2.86. The highest BCUT2D eigenvalue weighted by atomic mass is 15.3. The fourth-order valence-electron chi connectivity index (χ4n) is 0.929. The zero-order valence-electron chi connectivity index (χ0n) is 8.44. The van der Waals surface area contributed by atoms with Gasteiger partial charge < -0.3 is 10.6 Å². The molecule has 1 aromatic heterocycles. The first kappa shape index (κ1) is 10.2. The van der Waals surface area contributed by atoms with E-state index in [1.165, 1.54) is 0 Å². The highest BCUT2D eigenvalue weighted by Gasteiger charge is 2.04. The Morgan fingerprint density at radius 3 is 2.57 bits per heavy atom. The maximum atomic E-state index is 5.80. The number of hydrogen-bond donors (Lipinski definition) is 1. The van der Waals surface area contributed by atoms with Gasteiger partial charge in [0.05, 0.1) is 0 Å². The van der Waals surface area contributed by atoms with Crippen molar-refractivity contribution < 1.29 is 0 Å². The molecule has 0 saturated carbocycles. The molecule has 1 rings (SSSR count). The summed E-state index contributed by atoms with van der Waals surface area (Å²) in [7, 11) is 1.81.